The van der Waals surface area contributed by atoms with Crippen LogP contribution >= 0.6 is 0 Å². The Balaban J connectivity index is 1.65. The summed E-state index contributed by atoms with van der Waals surface area (Å²) in [4.78, 5) is 36.5. The molecule has 0 unspecified atom stereocenters. The van der Waals surface area contributed by atoms with Crippen molar-refractivity contribution in [2.75, 3.05) is 37.9 Å². The van der Waals surface area contributed by atoms with Crippen molar-refractivity contribution in [3.05, 3.63) is 47.7 Å². The Morgan fingerprint density at radius 2 is 2.15 bits per heavy atom. The highest BCUT2D eigenvalue weighted by Crippen LogP contribution is 2.24. The number of aliphatic hydroxyl groups excluding tert-OH is 1. The SMILES string of the molecule is COCCCn1c(NC(=O)c2cccc(N)c2)nc2cc(C(=O)N3CCC[C@@H]3CO)cnc21. The van der Waals surface area contributed by atoms with Gasteiger partial charge in [0.1, 0.15) is 5.52 Å². The molecule has 0 bridgehead atoms. The topological polar surface area (TPSA) is 136 Å². The van der Waals surface area contributed by atoms with Crippen molar-refractivity contribution in [3.63, 3.8) is 0 Å². The van der Waals surface area contributed by atoms with E-state index in [9.17, 15) is 14.7 Å². The first-order chi connectivity index (χ1) is 16.0. The number of pyridine rings is 1. The highest BCUT2D eigenvalue weighted by Gasteiger charge is 2.29. The number of aryl methyl sites for hydroxylation is 1. The highest BCUT2D eigenvalue weighted by molar-refractivity contribution is 6.04. The molecule has 1 aliphatic heterocycles. The Labute approximate surface area is 191 Å². The molecule has 4 N–H and O–H groups in total. The number of nitrogen functional groups attached to an aromatic ring is 1. The lowest BCUT2D eigenvalue weighted by molar-refractivity contribution is 0.0677. The van der Waals surface area contributed by atoms with Crippen LogP contribution in [0.5, 0.6) is 0 Å². The number of rotatable bonds is 8. The summed E-state index contributed by atoms with van der Waals surface area (Å²) >= 11 is 0. The number of imidazole rings is 1. The molecule has 10 heteroatoms. The van der Waals surface area contributed by atoms with Crippen LogP contribution in [0, 0.1) is 0 Å². The van der Waals surface area contributed by atoms with Gasteiger partial charge in [-0.2, -0.15) is 0 Å². The van der Waals surface area contributed by atoms with Gasteiger partial charge in [-0.15, -0.1) is 0 Å². The molecule has 1 saturated heterocycles. The number of carbonyl (C=O) groups is 2. The third-order valence-corrected chi connectivity index (χ3v) is 5.78. The zero-order valence-corrected chi connectivity index (χ0v) is 18.5. The lowest BCUT2D eigenvalue weighted by Crippen LogP contribution is -2.37. The van der Waals surface area contributed by atoms with Gasteiger partial charge in [0.05, 0.1) is 18.2 Å². The summed E-state index contributed by atoms with van der Waals surface area (Å²) in [6.07, 6.45) is 3.86. The minimum atomic E-state index is -0.343. The molecule has 1 aliphatic rings. The number of hydrogen-bond acceptors (Lipinski definition) is 7. The van der Waals surface area contributed by atoms with Gasteiger partial charge in [-0.3, -0.25) is 19.5 Å². The second kappa shape index (κ2) is 9.97. The lowest BCUT2D eigenvalue weighted by Gasteiger charge is -2.22. The number of nitrogens with two attached hydrogens (primary N) is 1. The molecule has 0 spiro atoms. The molecular weight excluding hydrogens is 424 g/mol. The zero-order valence-electron chi connectivity index (χ0n) is 18.5. The Morgan fingerprint density at radius 3 is 2.91 bits per heavy atom. The average molecular weight is 453 g/mol. The van der Waals surface area contributed by atoms with Gasteiger partial charge >= 0.3 is 0 Å². The van der Waals surface area contributed by atoms with Crippen molar-refractivity contribution >= 4 is 34.6 Å². The van der Waals surface area contributed by atoms with Gasteiger partial charge < -0.3 is 20.5 Å². The van der Waals surface area contributed by atoms with Gasteiger partial charge in [-0.05, 0) is 43.5 Å². The van der Waals surface area contributed by atoms with Crippen molar-refractivity contribution in [1.29, 1.82) is 0 Å². The third-order valence-electron chi connectivity index (χ3n) is 5.78. The van der Waals surface area contributed by atoms with Gasteiger partial charge in [0.2, 0.25) is 5.95 Å². The van der Waals surface area contributed by atoms with Crippen LogP contribution in [0.1, 0.15) is 40.0 Å². The van der Waals surface area contributed by atoms with Crippen LogP contribution in [0.25, 0.3) is 11.2 Å². The summed E-state index contributed by atoms with van der Waals surface area (Å²) < 4.78 is 6.96. The van der Waals surface area contributed by atoms with E-state index >= 15 is 0 Å². The average Bonchev–Trinajstić information content (AvgIpc) is 3.43. The number of carbonyl (C=O) groups excluding carboxylic acids is 2. The van der Waals surface area contributed by atoms with Crippen molar-refractivity contribution in [1.82, 2.24) is 19.4 Å². The quantitative estimate of drug-likeness (QED) is 0.351. The predicted molar refractivity (Wildman–Crippen MR) is 124 cm³/mol. The molecule has 0 radical (unpaired) electrons. The van der Waals surface area contributed by atoms with E-state index in [4.69, 9.17) is 10.5 Å². The predicted octanol–water partition coefficient (Wildman–Crippen LogP) is 1.90. The number of likely N-dealkylation sites (tertiary alicyclic amines) is 1. The molecule has 3 heterocycles. The molecule has 0 saturated carbocycles. The monoisotopic (exact) mass is 452 g/mol. The summed E-state index contributed by atoms with van der Waals surface area (Å²) in [7, 11) is 1.63. The Kier molecular flexibility index (Phi) is 6.85. The van der Waals surface area contributed by atoms with Gasteiger partial charge in [-0.25, -0.2) is 9.97 Å². The van der Waals surface area contributed by atoms with Gasteiger partial charge in [0.15, 0.2) is 5.65 Å². The van der Waals surface area contributed by atoms with Crippen LogP contribution in [0.15, 0.2) is 36.5 Å². The second-order valence-electron chi connectivity index (χ2n) is 8.06. The van der Waals surface area contributed by atoms with Gasteiger partial charge in [-0.1, -0.05) is 6.07 Å². The number of aromatic nitrogens is 3. The molecule has 33 heavy (non-hydrogen) atoms. The Hall–Kier alpha value is -3.50. The number of ether oxygens (including phenoxy) is 1. The molecule has 1 atom stereocenters. The van der Waals surface area contributed by atoms with E-state index in [0.717, 1.165) is 12.8 Å². The third kappa shape index (κ3) is 4.81. The van der Waals surface area contributed by atoms with E-state index in [1.165, 1.54) is 6.20 Å². The maximum absolute atomic E-state index is 13.0. The van der Waals surface area contributed by atoms with Crippen LogP contribution in [-0.2, 0) is 11.3 Å². The molecule has 0 aliphatic carbocycles. The van der Waals surface area contributed by atoms with Gasteiger partial charge in [0.25, 0.3) is 11.8 Å². The summed E-state index contributed by atoms with van der Waals surface area (Å²) in [6, 6.07) is 8.19. The van der Waals surface area contributed by atoms with E-state index in [0.29, 0.717) is 60.0 Å². The molecule has 2 amide bonds. The second-order valence-corrected chi connectivity index (χ2v) is 8.06. The summed E-state index contributed by atoms with van der Waals surface area (Å²) in [5, 5.41) is 12.4. The fraction of sp³-hybridized carbons (Fsp3) is 0.391. The smallest absolute Gasteiger partial charge is 0.258 e. The molecule has 4 rings (SSSR count). The van der Waals surface area contributed by atoms with Crippen molar-refractivity contribution in [3.8, 4) is 0 Å². The number of fused-ring (bicyclic) bond motifs is 1. The number of methoxy groups -OCH3 is 1. The maximum Gasteiger partial charge on any atom is 0.258 e. The van der Waals surface area contributed by atoms with Crippen molar-refractivity contribution in [2.24, 2.45) is 0 Å². The zero-order chi connectivity index (χ0) is 23.4. The van der Waals surface area contributed by atoms with Crippen LogP contribution in [0.2, 0.25) is 0 Å². The van der Waals surface area contributed by atoms with Crippen LogP contribution in [0.4, 0.5) is 11.6 Å². The molecule has 1 fully saturated rings. The number of hydrogen-bond donors (Lipinski definition) is 3. The van der Waals surface area contributed by atoms with E-state index in [2.05, 4.69) is 15.3 Å². The Morgan fingerprint density at radius 1 is 1.30 bits per heavy atom. The first kappa shape index (κ1) is 22.7. The maximum atomic E-state index is 13.0. The Bertz CT molecular complexity index is 1160. The minimum Gasteiger partial charge on any atom is -0.399 e. The first-order valence-corrected chi connectivity index (χ1v) is 11.0. The van der Waals surface area contributed by atoms with E-state index in [1.54, 1.807) is 46.9 Å². The van der Waals surface area contributed by atoms with Crippen molar-refractivity contribution < 1.29 is 19.4 Å². The minimum absolute atomic E-state index is 0.0598. The van der Waals surface area contributed by atoms with Gasteiger partial charge in [0, 0.05) is 44.3 Å². The number of benzene rings is 1. The van der Waals surface area contributed by atoms with Crippen LogP contribution in [0.3, 0.4) is 0 Å². The summed E-state index contributed by atoms with van der Waals surface area (Å²) in [6.45, 7) is 1.61. The van der Waals surface area contributed by atoms with Crippen LogP contribution in [-0.4, -0.2) is 69.3 Å². The standard InChI is InChI=1S/C23H28N6O4/c1-33-10-4-9-29-20-19(26-23(29)27-21(31)15-5-2-6-17(24)11-15)12-16(13-25-20)22(32)28-8-3-7-18(28)14-30/h2,5-6,11-13,18,30H,3-4,7-10,14,24H2,1H3,(H,26,27,31)/t18-/m1/s1. The van der Waals surface area contributed by atoms with E-state index in [1.807, 2.05) is 0 Å². The fourth-order valence-electron chi connectivity index (χ4n) is 4.11. The normalized spacial score (nSPS) is 15.8. The lowest BCUT2D eigenvalue weighted by atomic mass is 10.2. The molecule has 2 aromatic heterocycles. The first-order valence-electron chi connectivity index (χ1n) is 11.0. The fourth-order valence-corrected chi connectivity index (χ4v) is 4.11. The summed E-state index contributed by atoms with van der Waals surface area (Å²) in [5.74, 6) is -0.190. The van der Waals surface area contributed by atoms with Crippen LogP contribution < -0.4 is 11.1 Å². The van der Waals surface area contributed by atoms with Crippen molar-refractivity contribution in [2.45, 2.75) is 31.8 Å². The molecule has 1 aromatic carbocycles. The molecular formula is C23H28N6O4. The number of aliphatic hydroxyl groups is 1. The highest BCUT2D eigenvalue weighted by atomic mass is 16.5. The van der Waals surface area contributed by atoms with E-state index < -0.39 is 0 Å². The number of nitrogens with zero attached hydrogens (tertiary/aromatic N) is 4. The molecule has 174 valence electrons. The molecule has 3 aromatic rings. The summed E-state index contributed by atoms with van der Waals surface area (Å²) in [5.41, 5.74) is 8.17. The molecule has 10 nitrogen and oxygen atoms in total. The largest absolute Gasteiger partial charge is 0.399 e. The number of nitrogens with one attached hydrogen (secondary N) is 1. The van der Waals surface area contributed by atoms with E-state index in [-0.39, 0.29) is 24.5 Å². The number of anilines is 2. The number of amides is 2.